The topological polar surface area (TPSA) is 47.8 Å². The number of Topliss-reactive ketones (excluding diaryl/α,β-unsaturated/α-hetero) is 1. The maximum atomic E-state index is 12.5. The third-order valence-electron chi connectivity index (χ3n) is 3.81. The van der Waals surface area contributed by atoms with Crippen molar-refractivity contribution >= 4 is 34.5 Å². The molecule has 6 heteroatoms. The smallest absolute Gasteiger partial charge is 0.192 e. The molecule has 3 heterocycles. The van der Waals surface area contributed by atoms with Crippen molar-refractivity contribution in [2.75, 3.05) is 0 Å². The molecule has 3 aromatic rings. The molecule has 0 radical (unpaired) electrons. The second-order valence-electron chi connectivity index (χ2n) is 5.18. The van der Waals surface area contributed by atoms with E-state index in [0.717, 1.165) is 40.4 Å². The summed E-state index contributed by atoms with van der Waals surface area (Å²) < 4.78 is 1.79. The number of hydrogen-bond donors (Lipinski definition) is 0. The first-order valence-electron chi connectivity index (χ1n) is 6.98. The van der Waals surface area contributed by atoms with E-state index in [1.54, 1.807) is 33.6 Å². The van der Waals surface area contributed by atoms with Crippen LogP contribution in [0, 0.1) is 0 Å². The van der Waals surface area contributed by atoms with Crippen molar-refractivity contribution in [3.63, 3.8) is 0 Å². The van der Waals surface area contributed by atoms with Crippen LogP contribution in [0.1, 0.15) is 28.2 Å². The van der Waals surface area contributed by atoms with Crippen LogP contribution in [0.15, 0.2) is 34.7 Å². The summed E-state index contributed by atoms with van der Waals surface area (Å²) in [5, 5.41) is 9.24. The molecule has 0 unspecified atom stereocenters. The lowest BCUT2D eigenvalue weighted by Crippen LogP contribution is -2.14. The molecular weight excluding hydrogens is 314 g/mol. The van der Waals surface area contributed by atoms with Crippen LogP contribution in [-0.4, -0.2) is 20.5 Å². The number of fused-ring (bicyclic) bond motifs is 1. The van der Waals surface area contributed by atoms with Crippen molar-refractivity contribution in [1.82, 2.24) is 14.8 Å². The lowest BCUT2D eigenvalue weighted by atomic mass is 9.91. The number of nitrogens with zero attached hydrogens (tertiary/aromatic N) is 3. The molecule has 0 fully saturated rings. The molecule has 0 N–H and O–H groups in total. The normalized spacial score (nSPS) is 16.2. The Bertz CT molecular complexity index is 871. The Balaban J connectivity index is 1.65. The number of ketones is 1. The van der Waals surface area contributed by atoms with E-state index >= 15 is 0 Å². The van der Waals surface area contributed by atoms with Gasteiger partial charge in [0, 0.05) is 23.7 Å². The highest BCUT2D eigenvalue weighted by atomic mass is 32.1. The third kappa shape index (κ3) is 2.24. The van der Waals surface area contributed by atoms with E-state index in [4.69, 9.17) is 0 Å². The van der Waals surface area contributed by atoms with Gasteiger partial charge in [0.05, 0.1) is 22.3 Å². The Kier molecular flexibility index (Phi) is 3.28. The summed E-state index contributed by atoms with van der Waals surface area (Å²) in [5.74, 6) is 0.0834. The van der Waals surface area contributed by atoms with Gasteiger partial charge in [-0.1, -0.05) is 6.07 Å². The summed E-state index contributed by atoms with van der Waals surface area (Å²) in [4.78, 5) is 18.3. The van der Waals surface area contributed by atoms with Gasteiger partial charge in [-0.15, -0.1) is 22.7 Å². The Morgan fingerprint density at radius 2 is 2.23 bits per heavy atom. The summed E-state index contributed by atoms with van der Waals surface area (Å²) in [7, 11) is 1.88. The van der Waals surface area contributed by atoms with E-state index in [2.05, 4.69) is 16.1 Å². The molecule has 4 nitrogen and oxygen atoms in total. The second-order valence-corrected chi connectivity index (χ2v) is 6.99. The van der Waals surface area contributed by atoms with Crippen molar-refractivity contribution in [3.05, 3.63) is 51.6 Å². The average Bonchev–Trinajstić information content (AvgIpc) is 3.23. The summed E-state index contributed by atoms with van der Waals surface area (Å²) in [6.07, 6.45) is 5.19. The largest absolute Gasteiger partial charge is 0.289 e. The molecule has 3 aromatic heterocycles. The van der Waals surface area contributed by atoms with Crippen LogP contribution in [0.4, 0.5) is 0 Å². The zero-order chi connectivity index (χ0) is 15.1. The fourth-order valence-corrected chi connectivity index (χ4v) is 4.26. The monoisotopic (exact) mass is 327 g/mol. The van der Waals surface area contributed by atoms with Gasteiger partial charge in [-0.3, -0.25) is 9.48 Å². The van der Waals surface area contributed by atoms with Crippen LogP contribution in [0.25, 0.3) is 16.0 Å². The molecule has 0 saturated heterocycles. The molecule has 1 aliphatic rings. The van der Waals surface area contributed by atoms with E-state index in [9.17, 15) is 4.79 Å². The Hall–Kier alpha value is -2.05. The number of thiazole rings is 1. The van der Waals surface area contributed by atoms with Gasteiger partial charge in [0.1, 0.15) is 5.01 Å². The standard InChI is InChI=1S/C16H13N3OS2/c1-19-13-5-4-10(15(20)12(13)8-17-19)7-11-9-22-16(18-11)14-3-2-6-21-14/h2-3,6-9H,4-5H2,1H3. The van der Waals surface area contributed by atoms with Gasteiger partial charge in [-0.2, -0.15) is 5.10 Å². The van der Waals surface area contributed by atoms with Gasteiger partial charge in [0.2, 0.25) is 0 Å². The first-order valence-corrected chi connectivity index (χ1v) is 8.74. The van der Waals surface area contributed by atoms with E-state index in [1.165, 1.54) is 4.88 Å². The highest BCUT2D eigenvalue weighted by molar-refractivity contribution is 7.20. The Labute approximate surface area is 135 Å². The fourth-order valence-electron chi connectivity index (χ4n) is 2.67. The molecule has 0 amide bonds. The average molecular weight is 327 g/mol. The first kappa shape index (κ1) is 13.6. The van der Waals surface area contributed by atoms with Gasteiger partial charge in [-0.25, -0.2) is 4.98 Å². The number of aryl methyl sites for hydroxylation is 1. The lowest BCUT2D eigenvalue weighted by molar-refractivity contribution is 0.102. The molecule has 0 saturated carbocycles. The highest BCUT2D eigenvalue weighted by Crippen LogP contribution is 2.30. The molecular formula is C16H13N3OS2. The minimum atomic E-state index is 0.0834. The first-order chi connectivity index (χ1) is 10.7. The van der Waals surface area contributed by atoms with Crippen molar-refractivity contribution < 1.29 is 4.79 Å². The zero-order valence-corrected chi connectivity index (χ0v) is 13.6. The number of thiophene rings is 1. The number of hydrogen-bond acceptors (Lipinski definition) is 5. The lowest BCUT2D eigenvalue weighted by Gasteiger charge is -2.14. The summed E-state index contributed by atoms with van der Waals surface area (Å²) in [5.41, 5.74) is 3.45. The maximum Gasteiger partial charge on any atom is 0.192 e. The van der Waals surface area contributed by atoms with Crippen LogP contribution >= 0.6 is 22.7 Å². The summed E-state index contributed by atoms with van der Waals surface area (Å²) >= 11 is 3.29. The van der Waals surface area contributed by atoms with Gasteiger partial charge >= 0.3 is 0 Å². The number of carbonyl (C=O) groups is 1. The van der Waals surface area contributed by atoms with Crippen LogP contribution in [0.3, 0.4) is 0 Å². The van der Waals surface area contributed by atoms with Crippen molar-refractivity contribution in [2.45, 2.75) is 12.8 Å². The fraction of sp³-hybridized carbons (Fsp3) is 0.188. The molecule has 0 aliphatic heterocycles. The van der Waals surface area contributed by atoms with E-state index in [-0.39, 0.29) is 5.78 Å². The Morgan fingerprint density at radius 1 is 1.32 bits per heavy atom. The van der Waals surface area contributed by atoms with Crippen molar-refractivity contribution in [3.8, 4) is 9.88 Å². The van der Waals surface area contributed by atoms with Crippen molar-refractivity contribution in [2.24, 2.45) is 7.05 Å². The summed E-state index contributed by atoms with van der Waals surface area (Å²) in [6, 6.07) is 4.09. The predicted octanol–water partition coefficient (Wildman–Crippen LogP) is 3.82. The molecule has 0 spiro atoms. The highest BCUT2D eigenvalue weighted by Gasteiger charge is 2.25. The molecule has 4 rings (SSSR count). The SMILES string of the molecule is Cn1ncc2c1CCC(=Cc1csc(-c3cccs3)n1)C2=O. The van der Waals surface area contributed by atoms with Gasteiger partial charge < -0.3 is 0 Å². The number of aromatic nitrogens is 3. The second kappa shape index (κ2) is 5.30. The van der Waals surface area contributed by atoms with Crippen LogP contribution in [0.5, 0.6) is 0 Å². The van der Waals surface area contributed by atoms with Crippen LogP contribution < -0.4 is 0 Å². The number of carbonyl (C=O) groups excluding carboxylic acids is 1. The predicted molar refractivity (Wildman–Crippen MR) is 89.3 cm³/mol. The minimum absolute atomic E-state index is 0.0834. The van der Waals surface area contributed by atoms with Crippen molar-refractivity contribution in [1.29, 1.82) is 0 Å². The summed E-state index contributed by atoms with van der Waals surface area (Å²) in [6.45, 7) is 0. The van der Waals surface area contributed by atoms with E-state index in [1.807, 2.05) is 30.0 Å². The molecule has 1 aliphatic carbocycles. The van der Waals surface area contributed by atoms with Gasteiger partial charge in [0.15, 0.2) is 5.78 Å². The third-order valence-corrected chi connectivity index (χ3v) is 5.70. The van der Waals surface area contributed by atoms with E-state index < -0.39 is 0 Å². The Morgan fingerprint density at radius 3 is 3.05 bits per heavy atom. The molecule has 110 valence electrons. The quantitative estimate of drug-likeness (QED) is 0.672. The van der Waals surface area contributed by atoms with Gasteiger partial charge in [-0.05, 0) is 30.4 Å². The number of allylic oxidation sites excluding steroid dienone is 1. The van der Waals surface area contributed by atoms with E-state index in [0.29, 0.717) is 0 Å². The molecule has 0 atom stereocenters. The molecule has 22 heavy (non-hydrogen) atoms. The maximum absolute atomic E-state index is 12.5. The number of rotatable bonds is 2. The van der Waals surface area contributed by atoms with Gasteiger partial charge in [0.25, 0.3) is 0 Å². The molecule has 0 bridgehead atoms. The molecule has 0 aromatic carbocycles. The van der Waals surface area contributed by atoms with Crippen LogP contribution in [-0.2, 0) is 13.5 Å². The minimum Gasteiger partial charge on any atom is -0.289 e. The van der Waals surface area contributed by atoms with Crippen LogP contribution in [0.2, 0.25) is 0 Å². The zero-order valence-electron chi connectivity index (χ0n) is 11.9.